The van der Waals surface area contributed by atoms with Gasteiger partial charge >= 0.3 is 5.97 Å². The van der Waals surface area contributed by atoms with Gasteiger partial charge in [0.15, 0.2) is 6.61 Å². The van der Waals surface area contributed by atoms with Crippen molar-refractivity contribution >= 4 is 39.1 Å². The quantitative estimate of drug-likeness (QED) is 0.740. The number of esters is 1. The Morgan fingerprint density at radius 1 is 1.36 bits per heavy atom. The molecule has 0 aliphatic rings. The maximum atomic E-state index is 13.5. The largest absolute Gasteiger partial charge is 0.452 e. The van der Waals surface area contributed by atoms with E-state index in [1.807, 2.05) is 16.8 Å². The van der Waals surface area contributed by atoms with Crippen LogP contribution in [-0.2, 0) is 16.1 Å². The number of hydrogen-bond acceptors (Lipinski definition) is 4. The molecule has 22 heavy (non-hydrogen) atoms. The molecule has 0 fully saturated rings. The first-order valence-corrected chi connectivity index (χ1v) is 8.08. The Kier molecular flexibility index (Phi) is 5.68. The summed E-state index contributed by atoms with van der Waals surface area (Å²) in [5.41, 5.74) is 0.799. The number of halogens is 2. The first-order chi connectivity index (χ1) is 10.5. The second kappa shape index (κ2) is 7.51. The number of benzene rings is 1. The molecule has 0 N–H and O–H groups in total. The third-order valence-electron chi connectivity index (χ3n) is 2.90. The molecule has 0 bridgehead atoms. The molecule has 0 unspecified atom stereocenters. The maximum Gasteiger partial charge on any atom is 0.341 e. The second-order valence-electron chi connectivity index (χ2n) is 4.58. The van der Waals surface area contributed by atoms with Crippen molar-refractivity contribution in [1.29, 1.82) is 0 Å². The number of nitrogens with zero attached hydrogens (tertiary/aromatic N) is 1. The highest BCUT2D eigenvalue weighted by atomic mass is 79.9. The first-order valence-electron chi connectivity index (χ1n) is 6.34. The van der Waals surface area contributed by atoms with Crippen molar-refractivity contribution in [2.75, 3.05) is 13.7 Å². The molecule has 1 amide bonds. The summed E-state index contributed by atoms with van der Waals surface area (Å²) >= 11 is 4.69. The first kappa shape index (κ1) is 16.6. The van der Waals surface area contributed by atoms with Gasteiger partial charge < -0.3 is 9.64 Å². The molecule has 2 rings (SSSR count). The van der Waals surface area contributed by atoms with Crippen molar-refractivity contribution in [1.82, 2.24) is 4.90 Å². The number of likely N-dealkylation sites (N-methyl/N-ethyl adjacent to an activating group) is 1. The predicted molar refractivity (Wildman–Crippen MR) is 85.2 cm³/mol. The molecule has 116 valence electrons. The van der Waals surface area contributed by atoms with Crippen LogP contribution in [0.5, 0.6) is 0 Å². The van der Waals surface area contributed by atoms with Gasteiger partial charge in [0, 0.05) is 18.1 Å². The van der Waals surface area contributed by atoms with Crippen LogP contribution in [0, 0.1) is 5.82 Å². The highest BCUT2D eigenvalue weighted by Crippen LogP contribution is 2.16. The minimum atomic E-state index is -0.865. The molecule has 4 nitrogen and oxygen atoms in total. The van der Waals surface area contributed by atoms with Gasteiger partial charge in [-0.2, -0.15) is 11.3 Å². The van der Waals surface area contributed by atoms with E-state index in [4.69, 9.17) is 4.74 Å². The summed E-state index contributed by atoms with van der Waals surface area (Å²) in [5, 5.41) is 3.86. The summed E-state index contributed by atoms with van der Waals surface area (Å²) in [4.78, 5) is 25.2. The van der Waals surface area contributed by atoms with Gasteiger partial charge in [0.2, 0.25) is 0 Å². The van der Waals surface area contributed by atoms with E-state index >= 15 is 0 Å². The molecule has 0 spiro atoms. The van der Waals surface area contributed by atoms with Crippen molar-refractivity contribution in [3.8, 4) is 0 Å². The number of amides is 1. The zero-order chi connectivity index (χ0) is 16.1. The van der Waals surface area contributed by atoms with Crippen LogP contribution >= 0.6 is 27.3 Å². The lowest BCUT2D eigenvalue weighted by molar-refractivity contribution is -0.133. The van der Waals surface area contributed by atoms with E-state index in [2.05, 4.69) is 15.9 Å². The summed E-state index contributed by atoms with van der Waals surface area (Å²) in [6.07, 6.45) is 0. The molecular formula is C15H13BrFNO3S. The number of hydrogen-bond donors (Lipinski definition) is 0. The van der Waals surface area contributed by atoms with Gasteiger partial charge in [0.25, 0.3) is 5.91 Å². The lowest BCUT2D eigenvalue weighted by Gasteiger charge is -2.16. The molecule has 7 heteroatoms. The normalized spacial score (nSPS) is 10.3. The fraction of sp³-hybridized carbons (Fsp3) is 0.200. The fourth-order valence-electron chi connectivity index (χ4n) is 1.71. The topological polar surface area (TPSA) is 46.6 Å². The molecule has 0 radical (unpaired) electrons. The third kappa shape index (κ3) is 4.38. The molecule has 0 saturated carbocycles. The Hall–Kier alpha value is -1.73. The zero-order valence-corrected chi connectivity index (χ0v) is 14.1. The fourth-order valence-corrected chi connectivity index (χ4v) is 2.73. The van der Waals surface area contributed by atoms with E-state index in [1.54, 1.807) is 18.4 Å². The lowest BCUT2D eigenvalue weighted by Crippen LogP contribution is -2.30. The lowest BCUT2D eigenvalue weighted by atomic mass is 10.2. The summed E-state index contributed by atoms with van der Waals surface area (Å²) in [5.74, 6) is -1.90. The number of carbonyl (C=O) groups is 2. The molecule has 0 aliphatic carbocycles. The highest BCUT2D eigenvalue weighted by Gasteiger charge is 2.17. The molecule has 1 heterocycles. The van der Waals surface area contributed by atoms with Gasteiger partial charge in [0.05, 0.1) is 5.56 Å². The molecule has 0 saturated heterocycles. The number of rotatable bonds is 5. The Morgan fingerprint density at radius 3 is 2.82 bits per heavy atom. The van der Waals surface area contributed by atoms with Gasteiger partial charge in [-0.15, -0.1) is 0 Å². The molecular weight excluding hydrogens is 373 g/mol. The van der Waals surface area contributed by atoms with E-state index in [0.29, 0.717) is 11.0 Å². The number of ether oxygens (including phenoxy) is 1. The Balaban J connectivity index is 1.90. The molecule has 0 atom stereocenters. The number of carbonyl (C=O) groups excluding carboxylic acids is 2. The van der Waals surface area contributed by atoms with Crippen molar-refractivity contribution in [2.24, 2.45) is 0 Å². The van der Waals surface area contributed by atoms with Crippen LogP contribution in [0.3, 0.4) is 0 Å². The summed E-state index contributed by atoms with van der Waals surface area (Å²) in [7, 11) is 1.62. The van der Waals surface area contributed by atoms with Gasteiger partial charge in [-0.25, -0.2) is 9.18 Å². The Labute approximate surface area is 139 Å². The van der Waals surface area contributed by atoms with Gasteiger partial charge in [-0.1, -0.05) is 15.9 Å². The van der Waals surface area contributed by atoms with E-state index in [1.165, 1.54) is 17.0 Å². The average Bonchev–Trinajstić information content (AvgIpc) is 2.99. The smallest absolute Gasteiger partial charge is 0.341 e. The van der Waals surface area contributed by atoms with Crippen LogP contribution in [0.1, 0.15) is 15.9 Å². The summed E-state index contributed by atoms with van der Waals surface area (Å²) in [6.45, 7) is 0.0105. The van der Waals surface area contributed by atoms with Gasteiger partial charge in [-0.05, 0) is 40.6 Å². The average molecular weight is 386 g/mol. The molecule has 1 aromatic carbocycles. The van der Waals surface area contributed by atoms with Crippen molar-refractivity contribution in [2.45, 2.75) is 6.54 Å². The molecule has 2 aromatic rings. The van der Waals surface area contributed by atoms with Crippen molar-refractivity contribution in [3.05, 3.63) is 56.4 Å². The van der Waals surface area contributed by atoms with Crippen LogP contribution in [0.4, 0.5) is 4.39 Å². The van der Waals surface area contributed by atoms with Crippen LogP contribution in [0.15, 0.2) is 39.5 Å². The maximum absolute atomic E-state index is 13.5. The van der Waals surface area contributed by atoms with Crippen LogP contribution in [0.25, 0.3) is 0 Å². The van der Waals surface area contributed by atoms with E-state index in [9.17, 15) is 14.0 Å². The standard InChI is InChI=1S/C15H13BrFNO3S/c1-18(7-10-4-5-22-9-10)14(19)8-21-15(20)12-6-11(16)2-3-13(12)17/h2-6,9H,7-8H2,1H3. The van der Waals surface area contributed by atoms with E-state index < -0.39 is 18.4 Å². The van der Waals surface area contributed by atoms with Gasteiger partial charge in [0.1, 0.15) is 5.82 Å². The Morgan fingerprint density at radius 2 is 2.14 bits per heavy atom. The molecule has 1 aromatic heterocycles. The van der Waals surface area contributed by atoms with E-state index in [0.717, 1.165) is 11.6 Å². The summed E-state index contributed by atoms with van der Waals surface area (Å²) < 4.78 is 19.0. The predicted octanol–water partition coefficient (Wildman–Crippen LogP) is 3.47. The SMILES string of the molecule is CN(Cc1ccsc1)C(=O)COC(=O)c1cc(Br)ccc1F. The van der Waals surface area contributed by atoms with Crippen LogP contribution in [0.2, 0.25) is 0 Å². The summed E-state index contributed by atoms with van der Waals surface area (Å²) in [6, 6.07) is 5.87. The van der Waals surface area contributed by atoms with Gasteiger partial charge in [-0.3, -0.25) is 4.79 Å². The third-order valence-corrected chi connectivity index (χ3v) is 4.13. The highest BCUT2D eigenvalue weighted by molar-refractivity contribution is 9.10. The minimum absolute atomic E-state index is 0.206. The van der Waals surface area contributed by atoms with Crippen LogP contribution < -0.4 is 0 Å². The Bertz CT molecular complexity index is 675. The number of thiophene rings is 1. The molecule has 0 aliphatic heterocycles. The van der Waals surface area contributed by atoms with E-state index in [-0.39, 0.29) is 11.5 Å². The van der Waals surface area contributed by atoms with Crippen molar-refractivity contribution < 1.29 is 18.7 Å². The monoisotopic (exact) mass is 385 g/mol. The second-order valence-corrected chi connectivity index (χ2v) is 6.28. The van der Waals surface area contributed by atoms with Crippen molar-refractivity contribution in [3.63, 3.8) is 0 Å². The zero-order valence-electron chi connectivity index (χ0n) is 11.7. The van der Waals surface area contributed by atoms with Crippen LogP contribution in [-0.4, -0.2) is 30.4 Å². The minimum Gasteiger partial charge on any atom is -0.452 e.